The van der Waals surface area contributed by atoms with Crippen LogP contribution in [0.5, 0.6) is 5.88 Å². The highest BCUT2D eigenvalue weighted by molar-refractivity contribution is 7.27. The zero-order chi connectivity index (χ0) is 13.9. The molecule has 6 heteroatoms. The highest BCUT2D eigenvalue weighted by Crippen LogP contribution is 2.36. The molecule has 0 bridgehead atoms. The third-order valence-electron chi connectivity index (χ3n) is 3.01. The van der Waals surface area contributed by atoms with Crippen LogP contribution in [0.2, 0.25) is 0 Å². The fraction of sp³-hybridized carbons (Fsp3) is 0.286. The summed E-state index contributed by atoms with van der Waals surface area (Å²) in [4.78, 5) is 9.95. The SMILES string of the molecule is CCNC(c1cc2sccc2s1)c1nccnc1OC. The van der Waals surface area contributed by atoms with E-state index in [1.54, 1.807) is 42.2 Å². The smallest absolute Gasteiger partial charge is 0.237 e. The average molecular weight is 305 g/mol. The van der Waals surface area contributed by atoms with Crippen molar-refractivity contribution in [2.24, 2.45) is 0 Å². The van der Waals surface area contributed by atoms with Crippen molar-refractivity contribution in [1.82, 2.24) is 15.3 Å². The van der Waals surface area contributed by atoms with E-state index in [1.807, 2.05) is 0 Å². The molecule has 1 atom stereocenters. The topological polar surface area (TPSA) is 47.0 Å². The van der Waals surface area contributed by atoms with Gasteiger partial charge in [0.1, 0.15) is 5.69 Å². The minimum Gasteiger partial charge on any atom is -0.480 e. The van der Waals surface area contributed by atoms with Crippen LogP contribution in [-0.2, 0) is 0 Å². The van der Waals surface area contributed by atoms with Gasteiger partial charge in [0.2, 0.25) is 5.88 Å². The number of hydrogen-bond acceptors (Lipinski definition) is 6. The minimum absolute atomic E-state index is 0.0215. The lowest BCUT2D eigenvalue weighted by molar-refractivity contribution is 0.383. The Morgan fingerprint density at radius 1 is 1.30 bits per heavy atom. The van der Waals surface area contributed by atoms with E-state index in [4.69, 9.17) is 4.74 Å². The summed E-state index contributed by atoms with van der Waals surface area (Å²) >= 11 is 3.55. The van der Waals surface area contributed by atoms with Crippen molar-refractivity contribution in [1.29, 1.82) is 0 Å². The molecule has 3 rings (SSSR count). The fourth-order valence-electron chi connectivity index (χ4n) is 2.15. The van der Waals surface area contributed by atoms with Gasteiger partial charge in [0.25, 0.3) is 0 Å². The first-order chi connectivity index (χ1) is 9.83. The molecular formula is C14H15N3OS2. The second kappa shape index (κ2) is 5.87. The van der Waals surface area contributed by atoms with E-state index in [-0.39, 0.29) is 6.04 Å². The highest BCUT2D eigenvalue weighted by atomic mass is 32.1. The van der Waals surface area contributed by atoms with Gasteiger partial charge in [-0.1, -0.05) is 6.92 Å². The molecule has 104 valence electrons. The molecule has 1 N–H and O–H groups in total. The molecule has 0 fully saturated rings. The van der Waals surface area contributed by atoms with E-state index in [0.29, 0.717) is 5.88 Å². The predicted molar refractivity (Wildman–Crippen MR) is 83.8 cm³/mol. The number of methoxy groups -OCH3 is 1. The summed E-state index contributed by atoms with van der Waals surface area (Å²) < 4.78 is 7.97. The molecule has 0 radical (unpaired) electrons. The third kappa shape index (κ3) is 2.42. The van der Waals surface area contributed by atoms with Gasteiger partial charge in [0.05, 0.1) is 13.2 Å². The van der Waals surface area contributed by atoms with Crippen LogP contribution in [-0.4, -0.2) is 23.6 Å². The third-order valence-corrected chi connectivity index (χ3v) is 5.17. The fourth-order valence-corrected chi connectivity index (χ4v) is 4.35. The van der Waals surface area contributed by atoms with Crippen LogP contribution in [0, 0.1) is 0 Å². The Morgan fingerprint density at radius 2 is 2.15 bits per heavy atom. The number of thiophene rings is 2. The van der Waals surface area contributed by atoms with E-state index in [0.717, 1.165) is 12.2 Å². The van der Waals surface area contributed by atoms with Crippen molar-refractivity contribution in [3.05, 3.63) is 40.5 Å². The summed E-state index contributed by atoms with van der Waals surface area (Å²) in [5.74, 6) is 0.579. The van der Waals surface area contributed by atoms with Crippen LogP contribution in [0.25, 0.3) is 9.40 Å². The summed E-state index contributed by atoms with van der Waals surface area (Å²) in [6.45, 7) is 2.95. The molecule has 0 saturated heterocycles. The number of aromatic nitrogens is 2. The Morgan fingerprint density at radius 3 is 2.90 bits per heavy atom. The summed E-state index contributed by atoms with van der Waals surface area (Å²) in [6, 6.07) is 4.41. The van der Waals surface area contributed by atoms with Crippen LogP contribution in [0.1, 0.15) is 23.5 Å². The molecule has 0 aliphatic heterocycles. The van der Waals surface area contributed by atoms with Crippen LogP contribution in [0.15, 0.2) is 29.9 Å². The maximum absolute atomic E-state index is 5.34. The van der Waals surface area contributed by atoms with Crippen LogP contribution in [0.4, 0.5) is 0 Å². The Labute approximate surface area is 125 Å². The molecule has 0 aromatic carbocycles. The molecule has 0 saturated carbocycles. The van der Waals surface area contributed by atoms with Crippen molar-refractivity contribution in [3.63, 3.8) is 0 Å². The average Bonchev–Trinajstić information content (AvgIpc) is 3.06. The van der Waals surface area contributed by atoms with Crippen molar-refractivity contribution in [3.8, 4) is 5.88 Å². The molecule has 0 aliphatic carbocycles. The summed E-state index contributed by atoms with van der Waals surface area (Å²) in [7, 11) is 1.63. The van der Waals surface area contributed by atoms with Crippen molar-refractivity contribution < 1.29 is 4.74 Å². The maximum Gasteiger partial charge on any atom is 0.237 e. The van der Waals surface area contributed by atoms with Gasteiger partial charge in [0, 0.05) is 26.7 Å². The Kier molecular flexibility index (Phi) is 3.95. The number of hydrogen-bond donors (Lipinski definition) is 1. The second-order valence-corrected chi connectivity index (χ2v) is 6.30. The van der Waals surface area contributed by atoms with Crippen molar-refractivity contribution in [2.75, 3.05) is 13.7 Å². The lowest BCUT2D eigenvalue weighted by Crippen LogP contribution is -2.23. The van der Waals surface area contributed by atoms with Crippen molar-refractivity contribution in [2.45, 2.75) is 13.0 Å². The zero-order valence-electron chi connectivity index (χ0n) is 11.3. The van der Waals surface area contributed by atoms with Gasteiger partial charge in [-0.05, 0) is 24.1 Å². The van der Waals surface area contributed by atoms with Gasteiger partial charge >= 0.3 is 0 Å². The predicted octanol–water partition coefficient (Wildman–Crippen LogP) is 3.46. The maximum atomic E-state index is 5.34. The lowest BCUT2D eigenvalue weighted by atomic mass is 10.1. The molecular weight excluding hydrogens is 290 g/mol. The Bertz CT molecular complexity index is 679. The zero-order valence-corrected chi connectivity index (χ0v) is 12.9. The van der Waals surface area contributed by atoms with E-state index in [1.165, 1.54) is 14.3 Å². The molecule has 0 amide bonds. The number of fused-ring (bicyclic) bond motifs is 1. The van der Waals surface area contributed by atoms with Crippen molar-refractivity contribution >= 4 is 32.1 Å². The number of rotatable bonds is 5. The van der Waals surface area contributed by atoms with Crippen LogP contribution >= 0.6 is 22.7 Å². The lowest BCUT2D eigenvalue weighted by Gasteiger charge is -2.17. The van der Waals surface area contributed by atoms with Crippen LogP contribution < -0.4 is 10.1 Å². The number of nitrogens with one attached hydrogen (secondary N) is 1. The molecule has 0 spiro atoms. The van der Waals surface area contributed by atoms with E-state index >= 15 is 0 Å². The van der Waals surface area contributed by atoms with Gasteiger partial charge in [-0.3, -0.25) is 4.98 Å². The quantitative estimate of drug-likeness (QED) is 0.784. The molecule has 3 heterocycles. The standard InChI is InChI=1S/C14H15N3OS2/c1-3-15-12(13-14(18-2)17-6-5-16-13)11-8-10-9(20-11)4-7-19-10/h4-8,12,15H,3H2,1-2H3. The van der Waals surface area contributed by atoms with E-state index in [9.17, 15) is 0 Å². The minimum atomic E-state index is 0.0215. The number of ether oxygens (including phenoxy) is 1. The monoisotopic (exact) mass is 305 g/mol. The molecule has 3 aromatic heterocycles. The van der Waals surface area contributed by atoms with E-state index < -0.39 is 0 Å². The first-order valence-corrected chi connectivity index (χ1v) is 8.08. The first-order valence-electron chi connectivity index (χ1n) is 6.38. The van der Waals surface area contributed by atoms with Gasteiger partial charge in [-0.15, -0.1) is 22.7 Å². The van der Waals surface area contributed by atoms with E-state index in [2.05, 4.69) is 39.7 Å². The van der Waals surface area contributed by atoms with Gasteiger partial charge in [0.15, 0.2) is 0 Å². The molecule has 3 aromatic rings. The highest BCUT2D eigenvalue weighted by Gasteiger charge is 2.22. The van der Waals surface area contributed by atoms with Gasteiger partial charge in [-0.25, -0.2) is 4.98 Å². The largest absolute Gasteiger partial charge is 0.480 e. The Hall–Kier alpha value is -1.50. The normalized spacial score (nSPS) is 12.7. The molecule has 0 aliphatic rings. The summed E-state index contributed by atoms with van der Waals surface area (Å²) in [5.41, 5.74) is 0.839. The van der Waals surface area contributed by atoms with Gasteiger partial charge < -0.3 is 10.1 Å². The molecule has 4 nitrogen and oxygen atoms in total. The summed E-state index contributed by atoms with van der Waals surface area (Å²) in [6.07, 6.45) is 3.36. The van der Waals surface area contributed by atoms with Crippen LogP contribution in [0.3, 0.4) is 0 Å². The number of nitrogens with zero attached hydrogens (tertiary/aromatic N) is 2. The first kappa shape index (κ1) is 13.5. The van der Waals surface area contributed by atoms with Gasteiger partial charge in [-0.2, -0.15) is 0 Å². The molecule has 20 heavy (non-hydrogen) atoms. The second-order valence-electron chi connectivity index (χ2n) is 4.24. The Balaban J connectivity index is 2.06. The summed E-state index contributed by atoms with van der Waals surface area (Å²) in [5, 5.41) is 5.59. The molecule has 1 unspecified atom stereocenters.